The second-order valence-corrected chi connectivity index (χ2v) is 2.00. The number of rotatable bonds is 4. The van der Waals surface area contributed by atoms with Crippen molar-refractivity contribution in [3.8, 4) is 0 Å². The van der Waals surface area contributed by atoms with Crippen LogP contribution in [0.1, 0.15) is 13.8 Å². The normalized spacial score (nSPS) is 11.7. The Morgan fingerprint density at radius 1 is 1.44 bits per heavy atom. The molecule has 0 heterocycles. The average molecular weight is 128 g/mol. The van der Waals surface area contributed by atoms with Crippen LogP contribution in [-0.2, 0) is 0 Å². The van der Waals surface area contributed by atoms with Gasteiger partial charge in [0.1, 0.15) is 0 Å². The fraction of sp³-hybridized carbons (Fsp3) is 0.714. The first-order valence-electron chi connectivity index (χ1n) is 3.32. The Hall–Kier alpha value is -0.500. The summed E-state index contributed by atoms with van der Waals surface area (Å²) in [7, 11) is 1.95. The van der Waals surface area contributed by atoms with Gasteiger partial charge in [-0.2, -0.15) is 0 Å². The molecule has 0 aromatic heterocycles. The van der Waals surface area contributed by atoms with E-state index in [9.17, 15) is 0 Å². The molecule has 0 bridgehead atoms. The largest absolute Gasteiger partial charge is 0.388 e. The minimum atomic E-state index is 1.01. The van der Waals surface area contributed by atoms with Crippen LogP contribution in [0.2, 0.25) is 0 Å². The van der Waals surface area contributed by atoms with Crippen LogP contribution in [0.4, 0.5) is 0 Å². The molecule has 2 heteroatoms. The van der Waals surface area contributed by atoms with Gasteiger partial charge in [-0.05, 0) is 20.9 Å². The highest BCUT2D eigenvalue weighted by Gasteiger charge is 1.82. The van der Waals surface area contributed by atoms with Crippen molar-refractivity contribution < 1.29 is 0 Å². The van der Waals surface area contributed by atoms with E-state index < -0.39 is 0 Å². The Morgan fingerprint density at radius 3 is 2.56 bits per heavy atom. The molecule has 54 valence electrons. The molecule has 0 amide bonds. The summed E-state index contributed by atoms with van der Waals surface area (Å²) in [5, 5.41) is 6.29. The van der Waals surface area contributed by atoms with Gasteiger partial charge in [0.2, 0.25) is 0 Å². The van der Waals surface area contributed by atoms with Gasteiger partial charge in [0.15, 0.2) is 0 Å². The van der Waals surface area contributed by atoms with Crippen molar-refractivity contribution in [2.75, 3.05) is 20.1 Å². The molecule has 0 aliphatic heterocycles. The highest BCUT2D eigenvalue weighted by Crippen LogP contribution is 1.81. The van der Waals surface area contributed by atoms with E-state index in [1.54, 1.807) is 0 Å². The first-order valence-corrected chi connectivity index (χ1v) is 3.32. The lowest BCUT2D eigenvalue weighted by Gasteiger charge is -2.03. The third-order valence-corrected chi connectivity index (χ3v) is 1.21. The summed E-state index contributed by atoms with van der Waals surface area (Å²) in [6.07, 6.45) is 2.07. The van der Waals surface area contributed by atoms with Crippen molar-refractivity contribution in [3.63, 3.8) is 0 Å². The van der Waals surface area contributed by atoms with E-state index in [-0.39, 0.29) is 0 Å². The lowest BCUT2D eigenvalue weighted by atomic mass is 10.4. The summed E-state index contributed by atoms with van der Waals surface area (Å²) >= 11 is 0. The predicted molar refractivity (Wildman–Crippen MR) is 41.4 cm³/mol. The summed E-state index contributed by atoms with van der Waals surface area (Å²) in [5.74, 6) is 0. The predicted octanol–water partition coefficient (Wildman–Crippen LogP) is 0.719. The van der Waals surface area contributed by atoms with E-state index in [0.29, 0.717) is 0 Å². The molecular weight excluding hydrogens is 112 g/mol. The first-order chi connectivity index (χ1) is 4.31. The second-order valence-electron chi connectivity index (χ2n) is 2.00. The molecule has 0 saturated heterocycles. The standard InChI is InChI=1S/C7H16N2/c1-4-7(2)9-6-5-8-3/h4,8-9H,5-6H2,1-3H3. The highest BCUT2D eigenvalue weighted by atomic mass is 14.9. The van der Waals surface area contributed by atoms with E-state index in [0.717, 1.165) is 13.1 Å². The van der Waals surface area contributed by atoms with Crippen molar-refractivity contribution in [3.05, 3.63) is 11.8 Å². The van der Waals surface area contributed by atoms with Crippen molar-refractivity contribution in [2.45, 2.75) is 13.8 Å². The van der Waals surface area contributed by atoms with Gasteiger partial charge >= 0.3 is 0 Å². The molecule has 0 atom stereocenters. The van der Waals surface area contributed by atoms with Crippen molar-refractivity contribution in [1.29, 1.82) is 0 Å². The molecule has 0 radical (unpaired) electrons. The third kappa shape index (κ3) is 5.37. The maximum absolute atomic E-state index is 3.23. The zero-order valence-electron chi connectivity index (χ0n) is 6.49. The van der Waals surface area contributed by atoms with Crippen LogP contribution in [0, 0.1) is 0 Å². The summed E-state index contributed by atoms with van der Waals surface area (Å²) in [5.41, 5.74) is 1.24. The number of allylic oxidation sites excluding steroid dienone is 2. The van der Waals surface area contributed by atoms with Crippen LogP contribution in [0.5, 0.6) is 0 Å². The summed E-state index contributed by atoms with van der Waals surface area (Å²) < 4.78 is 0. The van der Waals surface area contributed by atoms with E-state index in [2.05, 4.69) is 23.6 Å². The lowest BCUT2D eigenvalue weighted by molar-refractivity contribution is 0.716. The number of hydrogen-bond acceptors (Lipinski definition) is 2. The summed E-state index contributed by atoms with van der Waals surface area (Å²) in [4.78, 5) is 0. The Bertz CT molecular complexity index is 86.9. The molecular formula is C7H16N2. The zero-order chi connectivity index (χ0) is 7.11. The molecule has 9 heavy (non-hydrogen) atoms. The molecule has 0 fully saturated rings. The Balaban J connectivity index is 3.07. The van der Waals surface area contributed by atoms with Crippen molar-refractivity contribution in [2.24, 2.45) is 0 Å². The summed E-state index contributed by atoms with van der Waals surface area (Å²) in [6, 6.07) is 0. The monoisotopic (exact) mass is 128 g/mol. The lowest BCUT2D eigenvalue weighted by Crippen LogP contribution is -2.23. The van der Waals surface area contributed by atoms with Gasteiger partial charge in [0, 0.05) is 18.8 Å². The Morgan fingerprint density at radius 2 is 2.11 bits per heavy atom. The van der Waals surface area contributed by atoms with E-state index in [1.165, 1.54) is 5.70 Å². The van der Waals surface area contributed by atoms with Crippen LogP contribution >= 0.6 is 0 Å². The minimum Gasteiger partial charge on any atom is -0.388 e. The van der Waals surface area contributed by atoms with Crippen LogP contribution < -0.4 is 10.6 Å². The summed E-state index contributed by atoms with van der Waals surface area (Å²) in [6.45, 7) is 6.12. The highest BCUT2D eigenvalue weighted by molar-refractivity contribution is 4.91. The Kier molecular flexibility index (Phi) is 5.32. The van der Waals surface area contributed by atoms with Gasteiger partial charge < -0.3 is 10.6 Å². The minimum absolute atomic E-state index is 1.01. The molecule has 0 aromatic rings. The topological polar surface area (TPSA) is 24.1 Å². The number of hydrogen-bond donors (Lipinski definition) is 2. The number of likely N-dealkylation sites (N-methyl/N-ethyl adjacent to an activating group) is 1. The molecule has 0 aromatic carbocycles. The van der Waals surface area contributed by atoms with Gasteiger partial charge in [0.25, 0.3) is 0 Å². The zero-order valence-corrected chi connectivity index (χ0v) is 6.49. The van der Waals surface area contributed by atoms with Gasteiger partial charge in [-0.3, -0.25) is 0 Å². The smallest absolute Gasteiger partial charge is 0.0268 e. The maximum atomic E-state index is 3.23. The molecule has 0 aliphatic rings. The van der Waals surface area contributed by atoms with Gasteiger partial charge in [-0.25, -0.2) is 0 Å². The van der Waals surface area contributed by atoms with Gasteiger partial charge in [-0.15, -0.1) is 0 Å². The molecule has 2 N–H and O–H groups in total. The van der Waals surface area contributed by atoms with E-state index >= 15 is 0 Å². The first kappa shape index (κ1) is 8.50. The fourth-order valence-corrected chi connectivity index (χ4v) is 0.487. The van der Waals surface area contributed by atoms with Crippen LogP contribution in [0.15, 0.2) is 11.8 Å². The third-order valence-electron chi connectivity index (χ3n) is 1.21. The van der Waals surface area contributed by atoms with Crippen LogP contribution in [0.3, 0.4) is 0 Å². The average Bonchev–Trinajstić information content (AvgIpc) is 1.89. The molecule has 0 spiro atoms. The second kappa shape index (κ2) is 5.63. The quantitative estimate of drug-likeness (QED) is 0.545. The van der Waals surface area contributed by atoms with Gasteiger partial charge in [-0.1, -0.05) is 6.08 Å². The van der Waals surface area contributed by atoms with Gasteiger partial charge in [0.05, 0.1) is 0 Å². The maximum Gasteiger partial charge on any atom is 0.0268 e. The molecule has 0 unspecified atom stereocenters. The van der Waals surface area contributed by atoms with Crippen molar-refractivity contribution in [1.82, 2.24) is 10.6 Å². The van der Waals surface area contributed by atoms with Crippen molar-refractivity contribution >= 4 is 0 Å². The van der Waals surface area contributed by atoms with Crippen LogP contribution in [-0.4, -0.2) is 20.1 Å². The van der Waals surface area contributed by atoms with E-state index in [1.807, 2.05) is 14.0 Å². The SMILES string of the molecule is CC=C(C)NCCNC. The molecule has 0 saturated carbocycles. The Labute approximate surface area is 57.3 Å². The molecule has 2 nitrogen and oxygen atoms in total. The number of nitrogens with one attached hydrogen (secondary N) is 2. The molecule has 0 aliphatic carbocycles. The fourth-order valence-electron chi connectivity index (χ4n) is 0.487. The van der Waals surface area contributed by atoms with E-state index in [4.69, 9.17) is 0 Å². The van der Waals surface area contributed by atoms with Crippen LogP contribution in [0.25, 0.3) is 0 Å². The molecule has 0 rings (SSSR count).